The van der Waals surface area contributed by atoms with Crippen molar-refractivity contribution >= 4 is 0 Å². The van der Waals surface area contributed by atoms with Gasteiger partial charge in [-0.15, -0.1) is 0 Å². The lowest BCUT2D eigenvalue weighted by molar-refractivity contribution is 0.775. The third kappa shape index (κ3) is 5.57. The van der Waals surface area contributed by atoms with Crippen LogP contribution < -0.4 is 0 Å². The van der Waals surface area contributed by atoms with E-state index in [4.69, 9.17) is 9.97 Å². The van der Waals surface area contributed by atoms with E-state index in [0.717, 1.165) is 44.8 Å². The summed E-state index contributed by atoms with van der Waals surface area (Å²) in [5.41, 5.74) is 21.5. The first-order valence-corrected chi connectivity index (χ1v) is 21.0. The highest BCUT2D eigenvalue weighted by atomic mass is 14.9. The van der Waals surface area contributed by atoms with Gasteiger partial charge in [0.1, 0.15) is 0 Å². The predicted octanol–water partition coefficient (Wildman–Crippen LogP) is 14.8. The summed E-state index contributed by atoms with van der Waals surface area (Å²) in [4.78, 5) is 10.8. The summed E-state index contributed by atoms with van der Waals surface area (Å²) in [6, 6.07) is 83.6. The molecule has 2 aliphatic carbocycles. The van der Waals surface area contributed by atoms with Crippen molar-refractivity contribution in [3.05, 3.63) is 253 Å². The second-order valence-electron chi connectivity index (χ2n) is 16.0. The molecule has 1 spiro atoms. The zero-order valence-electron chi connectivity index (χ0n) is 33.3. The molecule has 0 N–H and O–H groups in total. The summed E-state index contributed by atoms with van der Waals surface area (Å²) in [5.74, 6) is 0.687. The molecule has 2 aliphatic rings. The van der Waals surface area contributed by atoms with Gasteiger partial charge in [-0.3, -0.25) is 0 Å². The summed E-state index contributed by atoms with van der Waals surface area (Å²) in [6.45, 7) is 0. The maximum atomic E-state index is 5.47. The minimum atomic E-state index is -0.582. The number of hydrogen-bond acceptors (Lipinski definition) is 2. The fourth-order valence-corrected chi connectivity index (χ4v) is 10.0. The van der Waals surface area contributed by atoms with Crippen molar-refractivity contribution in [1.82, 2.24) is 9.97 Å². The van der Waals surface area contributed by atoms with Crippen LogP contribution in [0.4, 0.5) is 0 Å². The summed E-state index contributed by atoms with van der Waals surface area (Å²) < 4.78 is 0. The monoisotopic (exact) mass is 774 g/mol. The molecule has 0 aliphatic heterocycles. The van der Waals surface area contributed by atoms with Gasteiger partial charge in [0.05, 0.1) is 16.8 Å². The first-order valence-electron chi connectivity index (χ1n) is 21.0. The molecule has 12 rings (SSSR count). The lowest BCUT2D eigenvalue weighted by Gasteiger charge is -2.35. The van der Waals surface area contributed by atoms with Crippen molar-refractivity contribution < 1.29 is 0 Å². The molecule has 0 fully saturated rings. The largest absolute Gasteiger partial charge is 0.228 e. The van der Waals surface area contributed by atoms with E-state index in [2.05, 4.69) is 231 Å². The highest BCUT2D eigenvalue weighted by Crippen LogP contribution is 2.61. The average molecular weight is 775 g/mol. The minimum Gasteiger partial charge on any atom is -0.228 e. The quantitative estimate of drug-likeness (QED) is 0.174. The van der Waals surface area contributed by atoms with E-state index in [1.165, 1.54) is 61.2 Å². The Hall–Kier alpha value is -7.94. The number of nitrogens with zero attached hydrogens (tertiary/aromatic N) is 2. The van der Waals surface area contributed by atoms with E-state index >= 15 is 0 Å². The van der Waals surface area contributed by atoms with Crippen molar-refractivity contribution in [2.24, 2.45) is 0 Å². The van der Waals surface area contributed by atoms with Gasteiger partial charge < -0.3 is 0 Å². The van der Waals surface area contributed by atoms with Gasteiger partial charge >= 0.3 is 0 Å². The highest BCUT2D eigenvalue weighted by Gasteiger charge is 2.49. The Labute approximate surface area is 356 Å². The van der Waals surface area contributed by atoms with Crippen LogP contribution in [-0.2, 0) is 5.41 Å². The van der Waals surface area contributed by atoms with Crippen LogP contribution in [0.15, 0.2) is 231 Å². The van der Waals surface area contributed by atoms with Crippen LogP contribution in [0.3, 0.4) is 0 Å². The molecule has 61 heavy (non-hydrogen) atoms. The van der Waals surface area contributed by atoms with Crippen molar-refractivity contribution in [2.75, 3.05) is 0 Å². The van der Waals surface area contributed by atoms with Gasteiger partial charge in [-0.05, 0) is 102 Å². The standard InChI is InChI=1S/C59H38N2/c1-3-17-39(18-4-1)41-21-15-23-43(35-41)56-38-57(61-58(60-56)45-24-16-22-42(36-45)40-19-5-2-6-20-40)44-33-34-51-47-26-8-7-25-46(47)48-27-9-12-30-52(48)59(55(51)37-44)53-31-13-10-28-49(53)50-29-11-14-32-54(50)59/h1-38H. The first kappa shape index (κ1) is 35.0. The van der Waals surface area contributed by atoms with E-state index in [0.29, 0.717) is 5.82 Å². The number of aromatic nitrogens is 2. The summed E-state index contributed by atoms with van der Waals surface area (Å²) >= 11 is 0. The molecule has 0 saturated carbocycles. The van der Waals surface area contributed by atoms with Gasteiger partial charge in [0, 0.05) is 16.7 Å². The van der Waals surface area contributed by atoms with E-state index in [1.54, 1.807) is 0 Å². The molecule has 0 amide bonds. The lowest BCUT2D eigenvalue weighted by Crippen LogP contribution is -2.29. The van der Waals surface area contributed by atoms with Crippen molar-refractivity contribution in [3.8, 4) is 89.5 Å². The summed E-state index contributed by atoms with van der Waals surface area (Å²) in [6.07, 6.45) is 0. The Morgan fingerprint density at radius 1 is 0.230 bits per heavy atom. The molecule has 0 atom stereocenters. The van der Waals surface area contributed by atoms with Gasteiger partial charge in [0.25, 0.3) is 0 Å². The fraction of sp³-hybridized carbons (Fsp3) is 0.0169. The van der Waals surface area contributed by atoms with Crippen LogP contribution in [0.2, 0.25) is 0 Å². The molecule has 10 aromatic rings. The van der Waals surface area contributed by atoms with Gasteiger partial charge in [-0.1, -0.05) is 206 Å². The minimum absolute atomic E-state index is 0.582. The van der Waals surface area contributed by atoms with Crippen molar-refractivity contribution in [1.29, 1.82) is 0 Å². The van der Waals surface area contributed by atoms with Gasteiger partial charge in [-0.2, -0.15) is 0 Å². The zero-order valence-corrected chi connectivity index (χ0v) is 33.3. The van der Waals surface area contributed by atoms with Gasteiger partial charge in [0.15, 0.2) is 5.82 Å². The molecule has 0 radical (unpaired) electrons. The molecule has 9 aromatic carbocycles. The number of rotatable bonds is 5. The number of benzene rings is 9. The van der Waals surface area contributed by atoms with Crippen LogP contribution in [0.5, 0.6) is 0 Å². The number of hydrogen-bond donors (Lipinski definition) is 0. The Bertz CT molecular complexity index is 3160. The van der Waals surface area contributed by atoms with Crippen LogP contribution >= 0.6 is 0 Å². The summed E-state index contributed by atoms with van der Waals surface area (Å²) in [7, 11) is 0. The average Bonchev–Trinajstić information content (AvgIpc) is 3.59. The van der Waals surface area contributed by atoms with Crippen molar-refractivity contribution in [2.45, 2.75) is 5.41 Å². The topological polar surface area (TPSA) is 25.8 Å². The third-order valence-corrected chi connectivity index (χ3v) is 12.7. The van der Waals surface area contributed by atoms with Crippen molar-refractivity contribution in [3.63, 3.8) is 0 Å². The van der Waals surface area contributed by atoms with Gasteiger partial charge in [-0.25, -0.2) is 9.97 Å². The molecule has 1 heterocycles. The number of fused-ring (bicyclic) bond motifs is 12. The predicted molar refractivity (Wildman–Crippen MR) is 251 cm³/mol. The fourth-order valence-electron chi connectivity index (χ4n) is 10.0. The van der Waals surface area contributed by atoms with Crippen LogP contribution in [0, 0.1) is 0 Å². The Balaban J connectivity index is 1.13. The van der Waals surface area contributed by atoms with Crippen LogP contribution in [-0.4, -0.2) is 9.97 Å². The Morgan fingerprint density at radius 2 is 0.607 bits per heavy atom. The molecule has 1 aromatic heterocycles. The molecule has 0 unspecified atom stereocenters. The van der Waals surface area contributed by atoms with Crippen LogP contribution in [0.25, 0.3) is 89.5 Å². The SMILES string of the molecule is c1ccc(-c2cccc(-c3cc(-c4ccc5c(c4)C4(c6ccccc6-c6ccccc6-5)c5ccccc5-c5ccccc54)nc(-c4cccc(-c5ccccc5)c4)n3)c2)cc1. The molecule has 2 heteroatoms. The first-order chi connectivity index (χ1) is 30.2. The molecule has 0 bridgehead atoms. The second kappa shape index (κ2) is 14.1. The Morgan fingerprint density at radius 3 is 1.15 bits per heavy atom. The molecular weight excluding hydrogens is 737 g/mol. The van der Waals surface area contributed by atoms with E-state index in [-0.39, 0.29) is 0 Å². The van der Waals surface area contributed by atoms with Gasteiger partial charge in [0.2, 0.25) is 0 Å². The Kier molecular flexibility index (Phi) is 8.11. The lowest BCUT2D eigenvalue weighted by atomic mass is 9.65. The van der Waals surface area contributed by atoms with Crippen LogP contribution in [0.1, 0.15) is 22.3 Å². The summed E-state index contributed by atoms with van der Waals surface area (Å²) in [5, 5.41) is 0. The molecule has 284 valence electrons. The molecule has 0 saturated heterocycles. The van der Waals surface area contributed by atoms with E-state index in [9.17, 15) is 0 Å². The smallest absolute Gasteiger partial charge is 0.160 e. The van der Waals surface area contributed by atoms with E-state index < -0.39 is 5.41 Å². The maximum absolute atomic E-state index is 5.47. The zero-order chi connectivity index (χ0) is 40.3. The second-order valence-corrected chi connectivity index (χ2v) is 16.0. The molecular formula is C59H38N2. The third-order valence-electron chi connectivity index (χ3n) is 12.7. The highest BCUT2D eigenvalue weighted by molar-refractivity contribution is 5.98. The normalized spacial score (nSPS) is 12.7. The van der Waals surface area contributed by atoms with E-state index in [1.807, 2.05) is 0 Å². The maximum Gasteiger partial charge on any atom is 0.160 e. The molecule has 2 nitrogen and oxygen atoms in total.